The molecule has 1 aliphatic rings. The van der Waals surface area contributed by atoms with Crippen LogP contribution in [-0.2, 0) is 28.9 Å². The topological polar surface area (TPSA) is 125 Å². The Morgan fingerprint density at radius 3 is 2.39 bits per heavy atom. The fraction of sp³-hybridized carbons (Fsp3) is 0.273. The molecule has 14 heteroatoms. The average molecular weight is 542 g/mol. The zero-order valence-electron chi connectivity index (χ0n) is 18.7. The Kier molecular flexibility index (Phi) is 6.80. The lowest BCUT2D eigenvalue weighted by Gasteiger charge is -2.22. The number of carboxylic acids is 1. The van der Waals surface area contributed by atoms with Gasteiger partial charge in [-0.3, -0.25) is 0 Å². The molecule has 0 unspecified atom stereocenters. The van der Waals surface area contributed by atoms with Crippen LogP contribution in [0.4, 0.5) is 30.5 Å². The zero-order valence-corrected chi connectivity index (χ0v) is 20.2. The molecular weight excluding hydrogens is 523 g/mol. The molecule has 3 heterocycles. The minimum absolute atomic E-state index is 0.0615. The minimum atomic E-state index is -4.49. The third-order valence-electron chi connectivity index (χ3n) is 5.50. The zero-order chi connectivity index (χ0) is 26.3. The molecular formula is C22H19ClF3N5O4S. The molecule has 0 saturated carbocycles. The number of carbonyl (C=O) groups is 1. The number of rotatable bonds is 5. The Morgan fingerprint density at radius 2 is 1.81 bits per heavy atom. The van der Waals surface area contributed by atoms with Crippen LogP contribution in [0.5, 0.6) is 0 Å². The Bertz CT molecular complexity index is 1430. The lowest BCUT2D eigenvalue weighted by molar-refractivity contribution is -0.137. The fourth-order valence-electron chi connectivity index (χ4n) is 3.72. The first-order valence-electron chi connectivity index (χ1n) is 10.5. The van der Waals surface area contributed by atoms with E-state index < -0.39 is 32.7 Å². The van der Waals surface area contributed by atoms with Crippen LogP contribution < -0.4 is 10.2 Å². The van der Waals surface area contributed by atoms with Gasteiger partial charge in [-0.1, -0.05) is 11.6 Å². The van der Waals surface area contributed by atoms with E-state index in [1.54, 1.807) is 0 Å². The molecule has 190 valence electrons. The smallest absolute Gasteiger partial charge is 0.416 e. The summed E-state index contributed by atoms with van der Waals surface area (Å²) in [5, 5.41) is 11.8. The van der Waals surface area contributed by atoms with Crippen molar-refractivity contribution in [2.45, 2.75) is 24.2 Å². The van der Waals surface area contributed by atoms with Gasteiger partial charge in [0.2, 0.25) is 15.0 Å². The SMILES string of the molecule is CS(=O)(=O)c1nc2c(c(Nc3ccc(C(F)(F)F)cc3)n1)CCN(c1ncc(C(=O)O)cc1Cl)CC2. The van der Waals surface area contributed by atoms with Crippen molar-refractivity contribution >= 4 is 44.7 Å². The van der Waals surface area contributed by atoms with Crippen molar-refractivity contribution in [3.8, 4) is 0 Å². The van der Waals surface area contributed by atoms with E-state index in [2.05, 4.69) is 20.3 Å². The van der Waals surface area contributed by atoms with Gasteiger partial charge in [0.1, 0.15) is 11.6 Å². The third-order valence-corrected chi connectivity index (χ3v) is 6.62. The molecule has 0 radical (unpaired) electrons. The number of sulfone groups is 1. The Hall–Kier alpha value is -3.45. The second-order valence-corrected chi connectivity index (χ2v) is 10.4. The van der Waals surface area contributed by atoms with Gasteiger partial charge in [-0.2, -0.15) is 13.2 Å². The highest BCUT2D eigenvalue weighted by Gasteiger charge is 2.30. The van der Waals surface area contributed by atoms with Gasteiger partial charge in [-0.15, -0.1) is 0 Å². The first kappa shape index (κ1) is 25.6. The Balaban J connectivity index is 1.67. The number of benzene rings is 1. The Labute approximate surface area is 208 Å². The van der Waals surface area contributed by atoms with Gasteiger partial charge >= 0.3 is 12.1 Å². The number of nitrogens with one attached hydrogen (secondary N) is 1. The molecule has 4 rings (SSSR count). The predicted octanol–water partition coefficient (Wildman–Crippen LogP) is 3.99. The monoisotopic (exact) mass is 541 g/mol. The normalized spacial score (nSPS) is 14.2. The molecule has 1 aliphatic heterocycles. The second-order valence-electron chi connectivity index (χ2n) is 8.07. The van der Waals surface area contributed by atoms with E-state index in [0.29, 0.717) is 48.7 Å². The van der Waals surface area contributed by atoms with Crippen molar-refractivity contribution in [2.24, 2.45) is 0 Å². The van der Waals surface area contributed by atoms with E-state index >= 15 is 0 Å². The number of anilines is 3. The molecule has 9 nitrogen and oxygen atoms in total. The quantitative estimate of drug-likeness (QED) is 0.461. The Morgan fingerprint density at radius 1 is 1.14 bits per heavy atom. The maximum Gasteiger partial charge on any atom is 0.416 e. The molecule has 3 aromatic rings. The number of aromatic nitrogens is 3. The molecule has 1 aromatic carbocycles. The van der Waals surface area contributed by atoms with Crippen LogP contribution in [0.3, 0.4) is 0 Å². The first-order valence-corrected chi connectivity index (χ1v) is 12.8. The summed E-state index contributed by atoms with van der Waals surface area (Å²) < 4.78 is 63.2. The van der Waals surface area contributed by atoms with Crippen molar-refractivity contribution in [2.75, 3.05) is 29.6 Å². The summed E-state index contributed by atoms with van der Waals surface area (Å²) in [6.07, 6.45) is -1.70. The maximum atomic E-state index is 12.9. The summed E-state index contributed by atoms with van der Waals surface area (Å²) in [6, 6.07) is 5.58. The number of aromatic carboxylic acids is 1. The van der Waals surface area contributed by atoms with Gasteiger partial charge in [0.25, 0.3) is 0 Å². The van der Waals surface area contributed by atoms with Gasteiger partial charge in [0, 0.05) is 43.2 Å². The van der Waals surface area contributed by atoms with Crippen LogP contribution in [0.1, 0.15) is 27.2 Å². The summed E-state index contributed by atoms with van der Waals surface area (Å²) in [4.78, 5) is 25.6. The molecule has 0 saturated heterocycles. The first-order chi connectivity index (χ1) is 16.8. The van der Waals surface area contributed by atoms with E-state index in [9.17, 15) is 26.4 Å². The van der Waals surface area contributed by atoms with Gasteiger partial charge in [-0.25, -0.2) is 28.2 Å². The second kappa shape index (κ2) is 9.54. The predicted molar refractivity (Wildman–Crippen MR) is 126 cm³/mol. The molecule has 2 aromatic heterocycles. The summed E-state index contributed by atoms with van der Waals surface area (Å²) >= 11 is 6.27. The van der Waals surface area contributed by atoms with Crippen molar-refractivity contribution in [1.82, 2.24) is 15.0 Å². The van der Waals surface area contributed by atoms with Crippen LogP contribution in [0.2, 0.25) is 5.02 Å². The highest BCUT2D eigenvalue weighted by Crippen LogP contribution is 2.32. The number of carboxylic acid groups (broad SMARTS) is 1. The van der Waals surface area contributed by atoms with Gasteiger partial charge < -0.3 is 15.3 Å². The molecule has 36 heavy (non-hydrogen) atoms. The van der Waals surface area contributed by atoms with Gasteiger partial charge in [-0.05, 0) is 36.8 Å². The number of nitrogens with zero attached hydrogens (tertiary/aromatic N) is 4. The molecule has 0 spiro atoms. The van der Waals surface area contributed by atoms with E-state index in [4.69, 9.17) is 16.7 Å². The minimum Gasteiger partial charge on any atom is -0.478 e. The lowest BCUT2D eigenvalue weighted by Crippen LogP contribution is -2.27. The van der Waals surface area contributed by atoms with Crippen LogP contribution in [0.15, 0.2) is 41.7 Å². The van der Waals surface area contributed by atoms with Crippen molar-refractivity contribution in [3.05, 3.63) is 63.9 Å². The highest BCUT2D eigenvalue weighted by molar-refractivity contribution is 7.90. The van der Waals surface area contributed by atoms with E-state index in [1.807, 2.05) is 4.90 Å². The van der Waals surface area contributed by atoms with E-state index in [0.717, 1.165) is 18.4 Å². The maximum absolute atomic E-state index is 12.9. The van der Waals surface area contributed by atoms with Gasteiger partial charge in [0.05, 0.1) is 21.8 Å². The standard InChI is InChI=1S/C22H19ClF3N5O4S/c1-36(34,35)21-29-17-7-9-31(19-16(23)10-12(11-27-19)20(32)33)8-6-15(17)18(30-21)28-14-4-2-13(3-5-14)22(24,25)26/h2-5,10-11H,6-9H2,1H3,(H,32,33)(H,28,29,30). The summed E-state index contributed by atoms with van der Waals surface area (Å²) in [5.74, 6) is -0.632. The molecule has 0 bridgehead atoms. The number of fused-ring (bicyclic) bond motifs is 1. The number of halogens is 4. The largest absolute Gasteiger partial charge is 0.478 e. The molecule has 0 aliphatic carbocycles. The van der Waals surface area contributed by atoms with Crippen LogP contribution in [-0.4, -0.2) is 53.8 Å². The fourth-order valence-corrected chi connectivity index (χ4v) is 4.54. The lowest BCUT2D eigenvalue weighted by atomic mass is 10.1. The average Bonchev–Trinajstić information content (AvgIpc) is 3.01. The third kappa shape index (κ3) is 5.51. The van der Waals surface area contributed by atoms with Crippen LogP contribution >= 0.6 is 11.6 Å². The number of hydrogen-bond donors (Lipinski definition) is 2. The van der Waals surface area contributed by atoms with Crippen molar-refractivity contribution < 1.29 is 31.5 Å². The number of hydrogen-bond acceptors (Lipinski definition) is 8. The summed E-state index contributed by atoms with van der Waals surface area (Å²) in [7, 11) is -3.79. The molecule has 0 amide bonds. The molecule has 2 N–H and O–H groups in total. The van der Waals surface area contributed by atoms with Crippen molar-refractivity contribution in [1.29, 1.82) is 0 Å². The van der Waals surface area contributed by atoms with E-state index in [-0.39, 0.29) is 16.4 Å². The van der Waals surface area contributed by atoms with E-state index in [1.165, 1.54) is 24.4 Å². The number of pyridine rings is 1. The number of alkyl halides is 3. The molecule has 0 fully saturated rings. The van der Waals surface area contributed by atoms with Crippen molar-refractivity contribution in [3.63, 3.8) is 0 Å². The summed E-state index contributed by atoms with van der Waals surface area (Å²) in [6.45, 7) is 0.724. The van der Waals surface area contributed by atoms with Crippen LogP contribution in [0.25, 0.3) is 0 Å². The highest BCUT2D eigenvalue weighted by atomic mass is 35.5. The van der Waals surface area contributed by atoms with Crippen LogP contribution in [0, 0.1) is 0 Å². The summed E-state index contributed by atoms with van der Waals surface area (Å²) in [5.41, 5.74) is 0.469. The van der Waals surface area contributed by atoms with Gasteiger partial charge in [0.15, 0.2) is 0 Å². The molecule has 0 atom stereocenters.